The molecule has 0 spiro atoms. The van der Waals surface area contributed by atoms with Crippen LogP contribution in [0.5, 0.6) is 0 Å². The van der Waals surface area contributed by atoms with Crippen LogP contribution in [0, 0.1) is 6.92 Å². The molecule has 0 bridgehead atoms. The summed E-state index contributed by atoms with van der Waals surface area (Å²) in [6.07, 6.45) is 0.725. The van der Waals surface area contributed by atoms with Crippen molar-refractivity contribution in [2.24, 2.45) is 0 Å². The van der Waals surface area contributed by atoms with Gasteiger partial charge in [-0.3, -0.25) is 13.9 Å². The standard InChI is InChI=1S/C29H33Cl2N3O4S/c1-5-21(3)32-29(36)22(4)33(18-23-9-7-6-8-10-23)28(35)19-34(26-16-24(30)15-25(31)17-26)39(37,38)27-13-11-20(2)12-14-27/h6-17,21-22H,5,18-19H2,1-4H3,(H,32,36)/t21-,22+/m1/s1. The first-order valence-electron chi connectivity index (χ1n) is 12.6. The minimum Gasteiger partial charge on any atom is -0.352 e. The minimum atomic E-state index is -4.21. The fraction of sp³-hybridized carbons (Fsp3) is 0.310. The molecule has 0 aliphatic heterocycles. The van der Waals surface area contributed by atoms with Gasteiger partial charge in [0, 0.05) is 22.6 Å². The van der Waals surface area contributed by atoms with Gasteiger partial charge in [0.1, 0.15) is 12.6 Å². The number of anilines is 1. The smallest absolute Gasteiger partial charge is 0.264 e. The van der Waals surface area contributed by atoms with Crippen molar-refractivity contribution in [2.75, 3.05) is 10.8 Å². The molecule has 0 fully saturated rings. The maximum Gasteiger partial charge on any atom is 0.264 e. The van der Waals surface area contributed by atoms with Gasteiger partial charge in [0.05, 0.1) is 10.6 Å². The molecule has 39 heavy (non-hydrogen) atoms. The number of hydrogen-bond acceptors (Lipinski definition) is 4. The molecule has 7 nitrogen and oxygen atoms in total. The van der Waals surface area contributed by atoms with Crippen LogP contribution in [0.25, 0.3) is 0 Å². The van der Waals surface area contributed by atoms with Crippen molar-refractivity contribution >= 4 is 50.7 Å². The van der Waals surface area contributed by atoms with Gasteiger partial charge in [-0.15, -0.1) is 0 Å². The Hall–Kier alpha value is -3.07. The molecule has 0 aromatic heterocycles. The predicted octanol–water partition coefficient (Wildman–Crippen LogP) is 5.83. The molecule has 3 aromatic rings. The van der Waals surface area contributed by atoms with E-state index in [9.17, 15) is 18.0 Å². The number of carbonyl (C=O) groups excluding carboxylic acids is 2. The lowest BCUT2D eigenvalue weighted by molar-refractivity contribution is -0.139. The summed E-state index contributed by atoms with van der Waals surface area (Å²) in [5.74, 6) is -0.884. The molecule has 2 atom stereocenters. The Bertz CT molecular complexity index is 1380. The summed E-state index contributed by atoms with van der Waals surface area (Å²) < 4.78 is 28.7. The molecule has 208 valence electrons. The zero-order valence-corrected chi connectivity index (χ0v) is 24.7. The molecule has 0 aliphatic rings. The van der Waals surface area contributed by atoms with Gasteiger partial charge in [-0.2, -0.15) is 0 Å². The SMILES string of the molecule is CC[C@@H](C)NC(=O)[C@H](C)N(Cc1ccccc1)C(=O)CN(c1cc(Cl)cc(Cl)c1)S(=O)(=O)c1ccc(C)cc1. The number of aryl methyl sites for hydroxylation is 1. The Morgan fingerprint density at radius 1 is 0.923 bits per heavy atom. The topological polar surface area (TPSA) is 86.8 Å². The minimum absolute atomic E-state index is 0.00849. The highest BCUT2D eigenvalue weighted by Crippen LogP contribution is 2.30. The number of rotatable bonds is 11. The van der Waals surface area contributed by atoms with E-state index in [2.05, 4.69) is 5.32 Å². The van der Waals surface area contributed by atoms with Gasteiger partial charge in [-0.1, -0.05) is 78.2 Å². The number of carbonyl (C=O) groups is 2. The second-order valence-corrected chi connectivity index (χ2v) is 12.2. The monoisotopic (exact) mass is 589 g/mol. The summed E-state index contributed by atoms with van der Waals surface area (Å²) in [5.41, 5.74) is 1.82. The maximum atomic E-state index is 13.9. The van der Waals surface area contributed by atoms with Crippen LogP contribution >= 0.6 is 23.2 Å². The molecule has 3 rings (SSSR count). The molecule has 2 amide bonds. The van der Waals surface area contributed by atoms with E-state index in [-0.39, 0.29) is 39.1 Å². The number of hydrogen-bond donors (Lipinski definition) is 1. The van der Waals surface area contributed by atoms with E-state index in [4.69, 9.17) is 23.2 Å². The van der Waals surface area contributed by atoms with Gasteiger partial charge >= 0.3 is 0 Å². The highest BCUT2D eigenvalue weighted by molar-refractivity contribution is 7.92. The highest BCUT2D eigenvalue weighted by atomic mass is 35.5. The van der Waals surface area contributed by atoms with Crippen LogP contribution in [0.1, 0.15) is 38.3 Å². The molecule has 0 aliphatic carbocycles. The largest absolute Gasteiger partial charge is 0.352 e. The molecular formula is C29H33Cl2N3O4S. The third-order valence-electron chi connectivity index (χ3n) is 6.39. The van der Waals surface area contributed by atoms with E-state index in [0.29, 0.717) is 0 Å². The predicted molar refractivity (Wildman–Crippen MR) is 157 cm³/mol. The van der Waals surface area contributed by atoms with E-state index < -0.39 is 28.5 Å². The molecule has 1 N–H and O–H groups in total. The average molecular weight is 591 g/mol. The average Bonchev–Trinajstić information content (AvgIpc) is 2.89. The van der Waals surface area contributed by atoms with Crippen LogP contribution < -0.4 is 9.62 Å². The number of amides is 2. The Kier molecular flexibility index (Phi) is 10.4. The van der Waals surface area contributed by atoms with Crippen LogP contribution in [-0.2, 0) is 26.2 Å². The maximum absolute atomic E-state index is 13.9. The lowest BCUT2D eigenvalue weighted by atomic mass is 10.1. The molecule has 0 saturated carbocycles. The zero-order chi connectivity index (χ0) is 28.7. The van der Waals surface area contributed by atoms with Gasteiger partial charge in [-0.25, -0.2) is 8.42 Å². The summed E-state index contributed by atoms with van der Waals surface area (Å²) in [6, 6.07) is 19.0. The first kappa shape index (κ1) is 30.5. The van der Waals surface area contributed by atoms with Crippen molar-refractivity contribution in [3.63, 3.8) is 0 Å². The third-order valence-corrected chi connectivity index (χ3v) is 8.61. The second-order valence-electron chi connectivity index (χ2n) is 9.45. The Morgan fingerprint density at radius 2 is 1.51 bits per heavy atom. The van der Waals surface area contributed by atoms with Gasteiger partial charge in [-0.05, 0) is 63.1 Å². The zero-order valence-electron chi connectivity index (χ0n) is 22.4. The number of halogens is 2. The summed E-state index contributed by atoms with van der Waals surface area (Å²) in [7, 11) is -4.21. The number of benzene rings is 3. The molecule has 3 aromatic carbocycles. The van der Waals surface area contributed by atoms with E-state index in [1.165, 1.54) is 35.2 Å². The van der Waals surface area contributed by atoms with Crippen LogP contribution in [0.3, 0.4) is 0 Å². The van der Waals surface area contributed by atoms with Crippen molar-refractivity contribution in [3.05, 3.63) is 94.0 Å². The van der Waals surface area contributed by atoms with E-state index in [0.717, 1.165) is 21.9 Å². The van der Waals surface area contributed by atoms with Crippen molar-refractivity contribution < 1.29 is 18.0 Å². The van der Waals surface area contributed by atoms with Gasteiger partial charge in [0.15, 0.2) is 0 Å². The van der Waals surface area contributed by atoms with Crippen LogP contribution in [0.2, 0.25) is 10.0 Å². The van der Waals surface area contributed by atoms with Crippen molar-refractivity contribution in [1.82, 2.24) is 10.2 Å². The molecular weight excluding hydrogens is 557 g/mol. The summed E-state index contributed by atoms with van der Waals surface area (Å²) >= 11 is 12.4. The molecule has 10 heteroatoms. The third kappa shape index (κ3) is 7.97. The van der Waals surface area contributed by atoms with E-state index in [1.807, 2.05) is 51.1 Å². The van der Waals surface area contributed by atoms with Gasteiger partial charge < -0.3 is 10.2 Å². The van der Waals surface area contributed by atoms with Crippen molar-refractivity contribution in [1.29, 1.82) is 0 Å². The van der Waals surface area contributed by atoms with Crippen LogP contribution in [-0.4, -0.2) is 43.8 Å². The summed E-state index contributed by atoms with van der Waals surface area (Å²) in [4.78, 5) is 28.4. The van der Waals surface area contributed by atoms with Crippen LogP contribution in [0.15, 0.2) is 77.7 Å². The fourth-order valence-corrected chi connectivity index (χ4v) is 5.79. The second kappa shape index (κ2) is 13.3. The van der Waals surface area contributed by atoms with Gasteiger partial charge in [0.2, 0.25) is 11.8 Å². The van der Waals surface area contributed by atoms with Crippen LogP contribution in [0.4, 0.5) is 5.69 Å². The number of sulfonamides is 1. The van der Waals surface area contributed by atoms with Gasteiger partial charge in [0.25, 0.3) is 10.0 Å². The highest BCUT2D eigenvalue weighted by Gasteiger charge is 2.33. The van der Waals surface area contributed by atoms with Crippen molar-refractivity contribution in [2.45, 2.75) is 57.6 Å². The fourth-order valence-electron chi connectivity index (χ4n) is 3.88. The molecule has 0 heterocycles. The normalized spacial score (nSPS) is 12.9. The number of nitrogens with zero attached hydrogens (tertiary/aromatic N) is 2. The lowest BCUT2D eigenvalue weighted by Gasteiger charge is -2.32. The molecule has 0 unspecified atom stereocenters. The Labute approximate surface area is 240 Å². The first-order valence-corrected chi connectivity index (χ1v) is 14.8. The first-order chi connectivity index (χ1) is 18.4. The lowest BCUT2D eigenvalue weighted by Crippen LogP contribution is -2.52. The van der Waals surface area contributed by atoms with Crippen molar-refractivity contribution in [3.8, 4) is 0 Å². The summed E-state index contributed by atoms with van der Waals surface area (Å²) in [6.45, 7) is 6.86. The number of nitrogens with one attached hydrogen (secondary N) is 1. The molecule has 0 saturated heterocycles. The quantitative estimate of drug-likeness (QED) is 0.305. The summed E-state index contributed by atoms with van der Waals surface area (Å²) in [5, 5.41) is 3.35. The van der Waals surface area contributed by atoms with E-state index >= 15 is 0 Å². The van der Waals surface area contributed by atoms with E-state index in [1.54, 1.807) is 19.1 Å². The Morgan fingerprint density at radius 3 is 2.08 bits per heavy atom. The molecule has 0 radical (unpaired) electrons. The Balaban J connectivity index is 2.04.